The van der Waals surface area contributed by atoms with Gasteiger partial charge in [-0.05, 0) is 38.0 Å². The second-order valence-electron chi connectivity index (χ2n) is 5.06. The number of hydrogen-bond donors (Lipinski definition) is 0. The van der Waals surface area contributed by atoms with Crippen molar-refractivity contribution in [3.05, 3.63) is 35.4 Å². The van der Waals surface area contributed by atoms with Crippen LogP contribution in [0.1, 0.15) is 39.2 Å². The van der Waals surface area contributed by atoms with Gasteiger partial charge in [0, 0.05) is 0 Å². The molecule has 0 amide bonds. The molecule has 110 valence electrons. The van der Waals surface area contributed by atoms with Gasteiger partial charge in [0.1, 0.15) is 5.60 Å². The molecule has 2 atom stereocenters. The summed E-state index contributed by atoms with van der Waals surface area (Å²) >= 11 is 0. The van der Waals surface area contributed by atoms with Gasteiger partial charge in [-0.1, -0.05) is 19.4 Å². The summed E-state index contributed by atoms with van der Waals surface area (Å²) in [6, 6.07) is 3.56. The van der Waals surface area contributed by atoms with Crippen LogP contribution in [0.4, 0.5) is 8.78 Å². The highest BCUT2D eigenvalue weighted by molar-refractivity contribution is 5.85. The van der Waals surface area contributed by atoms with E-state index in [4.69, 9.17) is 9.47 Å². The zero-order valence-corrected chi connectivity index (χ0v) is 11.8. The molecule has 1 heterocycles. The molecule has 1 saturated heterocycles. The van der Waals surface area contributed by atoms with Gasteiger partial charge in [0.05, 0.1) is 6.61 Å². The van der Waals surface area contributed by atoms with Crippen LogP contribution >= 0.6 is 0 Å². The van der Waals surface area contributed by atoms with Crippen molar-refractivity contribution in [3.8, 4) is 0 Å². The zero-order chi connectivity index (χ0) is 15.0. The van der Waals surface area contributed by atoms with Gasteiger partial charge in [0.2, 0.25) is 0 Å². The van der Waals surface area contributed by atoms with Crippen molar-refractivity contribution in [3.63, 3.8) is 0 Å². The molecule has 0 aromatic heterocycles. The quantitative estimate of drug-likeness (QED) is 0.615. The molecule has 0 N–H and O–H groups in total. The predicted molar refractivity (Wildman–Crippen MR) is 69.1 cm³/mol. The van der Waals surface area contributed by atoms with Crippen LogP contribution in [0.3, 0.4) is 0 Å². The molecule has 0 radical (unpaired) electrons. The lowest BCUT2D eigenvalue weighted by Crippen LogP contribution is -2.33. The van der Waals surface area contributed by atoms with E-state index in [9.17, 15) is 13.6 Å². The molecule has 2 unspecified atom stereocenters. The van der Waals surface area contributed by atoms with Crippen LogP contribution in [0, 0.1) is 11.6 Å². The third-order valence-corrected chi connectivity index (χ3v) is 3.79. The Labute approximate surface area is 116 Å². The van der Waals surface area contributed by atoms with Crippen molar-refractivity contribution in [1.82, 2.24) is 0 Å². The van der Waals surface area contributed by atoms with Crippen molar-refractivity contribution in [1.29, 1.82) is 0 Å². The first-order valence-electron chi connectivity index (χ1n) is 6.74. The fourth-order valence-electron chi connectivity index (χ4n) is 2.64. The predicted octanol–water partition coefficient (Wildman–Crippen LogP) is 3.31. The third-order valence-electron chi connectivity index (χ3n) is 3.79. The van der Waals surface area contributed by atoms with E-state index in [1.54, 1.807) is 13.8 Å². The van der Waals surface area contributed by atoms with E-state index in [2.05, 4.69) is 0 Å². The number of carbonyl (C=O) groups is 1. The Morgan fingerprint density at radius 2 is 2.00 bits per heavy atom. The molecule has 1 aliphatic heterocycles. The SMILES string of the molecule is CCCC1(C(=O)OCC)OC1(C)c1ccc(F)c(F)c1. The summed E-state index contributed by atoms with van der Waals surface area (Å²) in [6.07, 6.45) is 1.19. The number of carbonyl (C=O) groups excluding carboxylic acids is 1. The van der Waals surface area contributed by atoms with E-state index >= 15 is 0 Å². The molecule has 5 heteroatoms. The van der Waals surface area contributed by atoms with Crippen LogP contribution in [0.15, 0.2) is 18.2 Å². The lowest BCUT2D eigenvalue weighted by atomic mass is 9.84. The van der Waals surface area contributed by atoms with Crippen molar-refractivity contribution in [2.45, 2.75) is 44.8 Å². The first-order valence-corrected chi connectivity index (χ1v) is 6.74. The zero-order valence-electron chi connectivity index (χ0n) is 11.8. The lowest BCUT2D eigenvalue weighted by Gasteiger charge is -2.15. The maximum Gasteiger partial charge on any atom is 0.341 e. The largest absolute Gasteiger partial charge is 0.464 e. The van der Waals surface area contributed by atoms with Gasteiger partial charge in [-0.3, -0.25) is 0 Å². The van der Waals surface area contributed by atoms with E-state index in [1.165, 1.54) is 6.07 Å². The molecule has 1 aromatic rings. The Balaban J connectivity index is 2.35. The van der Waals surface area contributed by atoms with E-state index in [1.807, 2.05) is 6.92 Å². The van der Waals surface area contributed by atoms with Gasteiger partial charge in [-0.25, -0.2) is 13.6 Å². The summed E-state index contributed by atoms with van der Waals surface area (Å²) in [5.41, 5.74) is -1.62. The van der Waals surface area contributed by atoms with E-state index in [-0.39, 0.29) is 6.61 Å². The average Bonchev–Trinajstić information content (AvgIpc) is 3.01. The first-order chi connectivity index (χ1) is 9.41. The number of esters is 1. The van der Waals surface area contributed by atoms with Gasteiger partial charge >= 0.3 is 5.97 Å². The maximum absolute atomic E-state index is 13.4. The van der Waals surface area contributed by atoms with Crippen LogP contribution in [-0.4, -0.2) is 18.2 Å². The number of halogens is 2. The minimum absolute atomic E-state index is 0.252. The Morgan fingerprint density at radius 3 is 2.55 bits per heavy atom. The smallest absolute Gasteiger partial charge is 0.341 e. The second-order valence-corrected chi connectivity index (χ2v) is 5.06. The minimum atomic E-state index is -1.10. The summed E-state index contributed by atoms with van der Waals surface area (Å²) in [5, 5.41) is 0. The molecule has 0 saturated carbocycles. The molecule has 1 aliphatic rings. The average molecular weight is 284 g/mol. The summed E-state index contributed by atoms with van der Waals surface area (Å²) in [7, 11) is 0. The molecule has 1 fully saturated rings. The van der Waals surface area contributed by atoms with Gasteiger partial charge in [0.25, 0.3) is 0 Å². The Bertz CT molecular complexity index is 532. The highest BCUT2D eigenvalue weighted by Crippen LogP contribution is 2.58. The Hall–Kier alpha value is -1.49. The van der Waals surface area contributed by atoms with Crippen molar-refractivity contribution in [2.75, 3.05) is 6.61 Å². The summed E-state index contributed by atoms with van der Waals surface area (Å²) in [4.78, 5) is 12.1. The van der Waals surface area contributed by atoms with Gasteiger partial charge in [-0.15, -0.1) is 0 Å². The number of hydrogen-bond acceptors (Lipinski definition) is 3. The highest BCUT2D eigenvalue weighted by Gasteiger charge is 2.73. The summed E-state index contributed by atoms with van der Waals surface area (Å²) in [6.45, 7) is 5.59. The Kier molecular flexibility index (Phi) is 3.82. The lowest BCUT2D eigenvalue weighted by molar-refractivity contribution is -0.149. The maximum atomic E-state index is 13.4. The van der Waals surface area contributed by atoms with Crippen molar-refractivity contribution < 1.29 is 23.0 Å². The molecular formula is C15H18F2O3. The van der Waals surface area contributed by atoms with Crippen LogP contribution in [-0.2, 0) is 19.9 Å². The third kappa shape index (κ3) is 2.10. The van der Waals surface area contributed by atoms with Crippen molar-refractivity contribution >= 4 is 5.97 Å². The number of rotatable bonds is 5. The standard InChI is InChI=1S/C15H18F2O3/c1-4-8-15(13(18)19-5-2)14(3,20-15)10-6-7-11(16)12(17)9-10/h6-7,9H,4-5,8H2,1-3H3. The molecule has 0 bridgehead atoms. The van der Waals surface area contributed by atoms with Crippen LogP contribution < -0.4 is 0 Å². The highest BCUT2D eigenvalue weighted by atomic mass is 19.2. The van der Waals surface area contributed by atoms with Gasteiger partial charge < -0.3 is 9.47 Å². The fraction of sp³-hybridized carbons (Fsp3) is 0.533. The summed E-state index contributed by atoms with van der Waals surface area (Å²) in [5.74, 6) is -2.32. The fourth-order valence-corrected chi connectivity index (χ4v) is 2.64. The topological polar surface area (TPSA) is 38.8 Å². The molecule has 0 spiro atoms. The summed E-state index contributed by atoms with van der Waals surface area (Å²) < 4.78 is 37.1. The second kappa shape index (κ2) is 5.13. The molecule has 2 rings (SSSR count). The van der Waals surface area contributed by atoms with Crippen LogP contribution in [0.5, 0.6) is 0 Å². The Morgan fingerprint density at radius 1 is 1.30 bits per heavy atom. The van der Waals surface area contributed by atoms with E-state index < -0.39 is 28.8 Å². The molecule has 0 aliphatic carbocycles. The van der Waals surface area contributed by atoms with Gasteiger partial charge in [0.15, 0.2) is 17.2 Å². The van der Waals surface area contributed by atoms with Crippen LogP contribution in [0.2, 0.25) is 0 Å². The number of benzene rings is 1. The molecule has 1 aromatic carbocycles. The normalized spacial score (nSPS) is 28.2. The number of epoxide rings is 1. The minimum Gasteiger partial charge on any atom is -0.464 e. The van der Waals surface area contributed by atoms with Gasteiger partial charge in [-0.2, -0.15) is 0 Å². The number of ether oxygens (including phenoxy) is 2. The van der Waals surface area contributed by atoms with E-state index in [0.29, 0.717) is 12.0 Å². The molecule has 20 heavy (non-hydrogen) atoms. The first kappa shape index (κ1) is 14.9. The van der Waals surface area contributed by atoms with Crippen LogP contribution in [0.25, 0.3) is 0 Å². The van der Waals surface area contributed by atoms with E-state index in [0.717, 1.165) is 18.6 Å². The monoisotopic (exact) mass is 284 g/mol. The molecule has 3 nitrogen and oxygen atoms in total. The van der Waals surface area contributed by atoms with Crippen molar-refractivity contribution in [2.24, 2.45) is 0 Å². The molecular weight excluding hydrogens is 266 g/mol.